The van der Waals surface area contributed by atoms with Gasteiger partial charge in [0.15, 0.2) is 5.75 Å². The van der Waals surface area contributed by atoms with Gasteiger partial charge in [0, 0.05) is 5.56 Å². The summed E-state index contributed by atoms with van der Waals surface area (Å²) in [6.45, 7) is 11.5. The van der Waals surface area contributed by atoms with Crippen molar-refractivity contribution in [3.63, 3.8) is 0 Å². The normalized spacial score (nSPS) is 12.5. The molecule has 1 amide bonds. The number of aryl methyl sites for hydroxylation is 2. The average Bonchev–Trinajstić information content (AvgIpc) is 3.05. The molecule has 0 aliphatic carbocycles. The molecule has 158 valence electrons. The van der Waals surface area contributed by atoms with E-state index in [9.17, 15) is 9.18 Å². The van der Waals surface area contributed by atoms with Crippen LogP contribution in [0, 0.1) is 13.8 Å². The van der Waals surface area contributed by atoms with Gasteiger partial charge in [-0.3, -0.25) is 4.79 Å². The molecule has 2 aromatic carbocycles. The molecular weight excluding hydrogens is 399 g/mol. The summed E-state index contributed by atoms with van der Waals surface area (Å²) < 4.78 is 20.2. The van der Waals surface area contributed by atoms with Crippen LogP contribution < -0.4 is 10.1 Å². The molecule has 1 unspecified atom stereocenters. The first-order valence-electron chi connectivity index (χ1n) is 9.87. The number of hydrogen-bond acceptors (Lipinski definition) is 4. The molecule has 1 atom stereocenters. The molecule has 1 heterocycles. The van der Waals surface area contributed by atoms with Crippen molar-refractivity contribution in [2.45, 2.75) is 53.1 Å². The number of carbonyl (C=O) groups excluding carboxylic acids is 1. The van der Waals surface area contributed by atoms with Crippen LogP contribution >= 0.6 is 11.3 Å². The lowest BCUT2D eigenvalue weighted by Gasteiger charge is -2.23. The Morgan fingerprint density at radius 1 is 1.13 bits per heavy atom. The summed E-state index contributed by atoms with van der Waals surface area (Å²) in [5.41, 5.74) is 2.74. The summed E-state index contributed by atoms with van der Waals surface area (Å²) >= 11 is 1.18. The van der Waals surface area contributed by atoms with Crippen molar-refractivity contribution < 1.29 is 13.9 Å². The highest BCUT2D eigenvalue weighted by molar-refractivity contribution is 7.13. The number of aromatic nitrogens is 1. The molecule has 0 radical (unpaired) electrons. The number of benzene rings is 2. The van der Waals surface area contributed by atoms with Gasteiger partial charge >= 0.3 is 0 Å². The largest absolute Gasteiger partial charge is 0.455 e. The predicted molar refractivity (Wildman–Crippen MR) is 121 cm³/mol. The summed E-state index contributed by atoms with van der Waals surface area (Å²) in [5.74, 6) is 0.880. The molecular formula is C24H27FN2O2S. The van der Waals surface area contributed by atoms with Crippen LogP contribution in [0.3, 0.4) is 0 Å². The quantitative estimate of drug-likeness (QED) is 0.472. The van der Waals surface area contributed by atoms with E-state index in [4.69, 9.17) is 4.74 Å². The van der Waals surface area contributed by atoms with Crippen molar-refractivity contribution in [1.82, 2.24) is 4.98 Å². The van der Waals surface area contributed by atoms with Crippen LogP contribution in [0.25, 0.3) is 0 Å². The van der Waals surface area contributed by atoms with Crippen molar-refractivity contribution in [3.05, 3.63) is 69.2 Å². The van der Waals surface area contributed by atoms with Gasteiger partial charge in [-0.05, 0) is 49.9 Å². The van der Waals surface area contributed by atoms with Crippen LogP contribution in [-0.2, 0) is 5.41 Å². The van der Waals surface area contributed by atoms with Gasteiger partial charge in [-0.2, -0.15) is 0 Å². The zero-order chi connectivity index (χ0) is 22.1. The number of rotatable bonds is 5. The van der Waals surface area contributed by atoms with Crippen LogP contribution in [0.2, 0.25) is 0 Å². The lowest BCUT2D eigenvalue weighted by molar-refractivity contribution is 0.102. The van der Waals surface area contributed by atoms with E-state index >= 15 is 0 Å². The first-order chi connectivity index (χ1) is 14.1. The van der Waals surface area contributed by atoms with Crippen LogP contribution in [0.15, 0.2) is 42.5 Å². The molecule has 0 aliphatic rings. The Kier molecular flexibility index (Phi) is 6.27. The zero-order valence-electron chi connectivity index (χ0n) is 18.2. The van der Waals surface area contributed by atoms with Gasteiger partial charge in [0.05, 0.1) is 16.4 Å². The number of anilines is 1. The van der Waals surface area contributed by atoms with Gasteiger partial charge in [-0.25, -0.2) is 9.37 Å². The summed E-state index contributed by atoms with van der Waals surface area (Å²) in [6, 6.07) is 13.4. The molecule has 1 aromatic heterocycles. The van der Waals surface area contributed by atoms with Gasteiger partial charge in [0.25, 0.3) is 5.91 Å². The van der Waals surface area contributed by atoms with Gasteiger partial charge in [0.2, 0.25) is 0 Å². The number of para-hydroxylation sites is 2. The smallest absolute Gasteiger partial charge is 0.267 e. The fraction of sp³-hybridized carbons (Fsp3) is 0.333. The Morgan fingerprint density at radius 2 is 1.83 bits per heavy atom. The maximum Gasteiger partial charge on any atom is 0.267 e. The van der Waals surface area contributed by atoms with Crippen molar-refractivity contribution >= 4 is 22.9 Å². The molecule has 30 heavy (non-hydrogen) atoms. The van der Waals surface area contributed by atoms with Gasteiger partial charge < -0.3 is 10.1 Å². The Morgan fingerprint density at radius 3 is 2.50 bits per heavy atom. The third-order valence-corrected chi connectivity index (χ3v) is 5.63. The lowest BCUT2D eigenvalue weighted by atomic mass is 9.86. The minimum Gasteiger partial charge on any atom is -0.455 e. The minimum atomic E-state index is -1.32. The van der Waals surface area contributed by atoms with E-state index in [1.54, 1.807) is 19.1 Å². The van der Waals surface area contributed by atoms with Crippen LogP contribution in [-0.4, -0.2) is 10.9 Å². The van der Waals surface area contributed by atoms with Gasteiger partial charge in [0.1, 0.15) is 16.8 Å². The maximum absolute atomic E-state index is 13.9. The van der Waals surface area contributed by atoms with E-state index in [1.165, 1.54) is 18.3 Å². The van der Waals surface area contributed by atoms with Crippen molar-refractivity contribution in [2.24, 2.45) is 0 Å². The summed E-state index contributed by atoms with van der Waals surface area (Å²) in [7, 11) is 0. The van der Waals surface area contributed by atoms with Gasteiger partial charge in [-0.1, -0.05) is 45.0 Å². The molecule has 4 nitrogen and oxygen atoms in total. The Balaban J connectivity index is 1.94. The second-order valence-corrected chi connectivity index (χ2v) is 9.57. The van der Waals surface area contributed by atoms with Crippen LogP contribution in [0.4, 0.5) is 10.1 Å². The molecule has 6 heteroatoms. The lowest BCUT2D eigenvalue weighted by Crippen LogP contribution is -2.14. The number of thiazole rings is 1. The number of nitrogens with one attached hydrogen (secondary N) is 1. The van der Waals surface area contributed by atoms with E-state index in [0.29, 0.717) is 16.4 Å². The second-order valence-electron chi connectivity index (χ2n) is 8.37. The van der Waals surface area contributed by atoms with E-state index in [0.717, 1.165) is 16.9 Å². The monoisotopic (exact) mass is 426 g/mol. The summed E-state index contributed by atoms with van der Waals surface area (Å²) in [5, 5.41) is 3.52. The first kappa shape index (κ1) is 22.0. The molecule has 0 aliphatic heterocycles. The van der Waals surface area contributed by atoms with Crippen molar-refractivity contribution in [2.75, 3.05) is 5.32 Å². The summed E-state index contributed by atoms with van der Waals surface area (Å²) in [4.78, 5) is 17.3. The highest BCUT2D eigenvalue weighted by Crippen LogP contribution is 2.37. The molecule has 0 fully saturated rings. The first-order valence-corrected chi connectivity index (χ1v) is 10.7. The average molecular weight is 427 g/mol. The van der Waals surface area contributed by atoms with Crippen molar-refractivity contribution in [1.29, 1.82) is 0 Å². The highest BCUT2D eigenvalue weighted by atomic mass is 32.1. The molecule has 0 bridgehead atoms. The Labute approximate surface area is 181 Å². The molecule has 3 aromatic rings. The van der Waals surface area contributed by atoms with Crippen LogP contribution in [0.5, 0.6) is 11.5 Å². The van der Waals surface area contributed by atoms with Crippen molar-refractivity contribution in [3.8, 4) is 11.5 Å². The minimum absolute atomic E-state index is 0.104. The molecule has 0 saturated carbocycles. The standard InChI is InChI=1S/C24H27FN2O2S/c1-14-11-12-17(24(4,5)6)20(13-14)29-19-10-8-7-9-18(19)27-23(28)22-21(15(2)25)26-16(3)30-22/h7-13,15H,1-6H3,(H,27,28). The third kappa shape index (κ3) is 4.87. The SMILES string of the molecule is Cc1ccc(C(C)(C)C)c(Oc2ccccc2NC(=O)c2sc(C)nc2C(C)F)c1. The maximum atomic E-state index is 13.9. The Bertz CT molecular complexity index is 1070. The van der Waals surface area contributed by atoms with Crippen LogP contribution in [0.1, 0.15) is 65.4 Å². The van der Waals surface area contributed by atoms with E-state index in [2.05, 4.69) is 43.2 Å². The number of halogens is 1. The highest BCUT2D eigenvalue weighted by Gasteiger charge is 2.23. The number of hydrogen-bond donors (Lipinski definition) is 1. The number of alkyl halides is 1. The fourth-order valence-electron chi connectivity index (χ4n) is 3.17. The summed E-state index contributed by atoms with van der Waals surface area (Å²) in [6.07, 6.45) is -1.32. The fourth-order valence-corrected chi connectivity index (χ4v) is 4.06. The van der Waals surface area contributed by atoms with E-state index in [1.807, 2.05) is 25.1 Å². The van der Waals surface area contributed by atoms with E-state index < -0.39 is 12.1 Å². The second kappa shape index (κ2) is 8.56. The Hall–Kier alpha value is -2.73. The topological polar surface area (TPSA) is 51.2 Å². The number of carbonyl (C=O) groups is 1. The van der Waals surface area contributed by atoms with Gasteiger partial charge in [-0.15, -0.1) is 11.3 Å². The third-order valence-electron chi connectivity index (χ3n) is 4.64. The molecule has 0 spiro atoms. The zero-order valence-corrected chi connectivity index (χ0v) is 19.0. The number of amides is 1. The predicted octanol–water partition coefficient (Wildman–Crippen LogP) is 7.13. The number of nitrogens with zero attached hydrogens (tertiary/aromatic N) is 1. The molecule has 3 rings (SSSR count). The van der Waals surface area contributed by atoms with E-state index in [-0.39, 0.29) is 16.0 Å². The molecule has 0 saturated heterocycles. The molecule has 1 N–H and O–H groups in total. The number of ether oxygens (including phenoxy) is 1.